The van der Waals surface area contributed by atoms with Crippen LogP contribution < -0.4 is 5.32 Å². The molecule has 2 rings (SSSR count). The van der Waals surface area contributed by atoms with Crippen molar-refractivity contribution in [2.24, 2.45) is 13.0 Å². The maximum atomic E-state index is 6.16. The maximum Gasteiger partial charge on any atom is 0.0798 e. The Morgan fingerprint density at radius 2 is 2.10 bits per heavy atom. The molecular weight excluding hydrogens is 250 g/mol. The molecule has 20 heavy (non-hydrogen) atoms. The first-order valence-electron chi connectivity index (χ1n) is 8.09. The second kappa shape index (κ2) is 7.79. The Labute approximate surface area is 122 Å². The van der Waals surface area contributed by atoms with Crippen molar-refractivity contribution < 1.29 is 4.74 Å². The largest absolute Gasteiger partial charge is 0.376 e. The molecule has 1 saturated carbocycles. The number of likely N-dealkylation sites (N-methyl/N-ethyl adjacent to an activating group) is 1. The standard InChI is InChI=1S/C16H29N3O/c1-4-17-15(14-11-18-19(3)12-14)16(20-5-2)13-9-7-6-8-10-13/h11-13,15-17H,4-10H2,1-3H3. The summed E-state index contributed by atoms with van der Waals surface area (Å²) in [6.45, 7) is 5.99. The van der Waals surface area contributed by atoms with Crippen LogP contribution in [0.25, 0.3) is 0 Å². The number of aromatic nitrogens is 2. The second-order valence-electron chi connectivity index (χ2n) is 5.80. The first-order chi connectivity index (χ1) is 9.76. The summed E-state index contributed by atoms with van der Waals surface area (Å²) in [5.41, 5.74) is 1.25. The van der Waals surface area contributed by atoms with Gasteiger partial charge in [-0.2, -0.15) is 5.10 Å². The summed E-state index contributed by atoms with van der Waals surface area (Å²) < 4.78 is 8.04. The lowest BCUT2D eigenvalue weighted by molar-refractivity contribution is -0.0180. The van der Waals surface area contributed by atoms with E-state index in [2.05, 4.69) is 30.5 Å². The fraction of sp³-hybridized carbons (Fsp3) is 0.812. The summed E-state index contributed by atoms with van der Waals surface area (Å²) >= 11 is 0. The van der Waals surface area contributed by atoms with Crippen LogP contribution in [0.1, 0.15) is 57.6 Å². The lowest BCUT2D eigenvalue weighted by atomic mass is 9.81. The van der Waals surface area contributed by atoms with Crippen molar-refractivity contribution in [1.82, 2.24) is 15.1 Å². The van der Waals surface area contributed by atoms with Crippen LogP contribution in [0.3, 0.4) is 0 Å². The van der Waals surface area contributed by atoms with E-state index in [4.69, 9.17) is 4.74 Å². The van der Waals surface area contributed by atoms with Gasteiger partial charge in [-0.05, 0) is 32.2 Å². The van der Waals surface area contributed by atoms with E-state index in [0.29, 0.717) is 5.92 Å². The molecule has 1 fully saturated rings. The number of hydrogen-bond donors (Lipinski definition) is 1. The van der Waals surface area contributed by atoms with Gasteiger partial charge in [-0.1, -0.05) is 26.2 Å². The van der Waals surface area contributed by atoms with Gasteiger partial charge in [-0.25, -0.2) is 0 Å². The molecule has 0 saturated heterocycles. The van der Waals surface area contributed by atoms with Gasteiger partial charge in [-0.3, -0.25) is 4.68 Å². The molecule has 114 valence electrons. The minimum absolute atomic E-state index is 0.261. The van der Waals surface area contributed by atoms with Gasteiger partial charge in [0.1, 0.15) is 0 Å². The van der Waals surface area contributed by atoms with Crippen LogP contribution >= 0.6 is 0 Å². The molecule has 4 heteroatoms. The Kier molecular flexibility index (Phi) is 6.05. The summed E-state index contributed by atoms with van der Waals surface area (Å²) in [6, 6.07) is 0.261. The van der Waals surface area contributed by atoms with Crippen LogP contribution in [0, 0.1) is 5.92 Å². The molecule has 1 aromatic rings. The highest BCUT2D eigenvalue weighted by molar-refractivity contribution is 5.13. The number of rotatable bonds is 7. The van der Waals surface area contributed by atoms with Crippen molar-refractivity contribution in [2.75, 3.05) is 13.2 Å². The third-order valence-corrected chi connectivity index (χ3v) is 4.31. The molecular formula is C16H29N3O. The summed E-state index contributed by atoms with van der Waals surface area (Å²) in [6.07, 6.45) is 11.0. The van der Waals surface area contributed by atoms with E-state index in [1.165, 1.54) is 37.7 Å². The predicted molar refractivity (Wildman–Crippen MR) is 81.6 cm³/mol. The molecule has 1 heterocycles. The molecule has 4 nitrogen and oxygen atoms in total. The number of nitrogens with one attached hydrogen (secondary N) is 1. The van der Waals surface area contributed by atoms with E-state index in [1.807, 2.05) is 17.9 Å². The van der Waals surface area contributed by atoms with Crippen LogP contribution in [0.5, 0.6) is 0 Å². The fourth-order valence-electron chi connectivity index (χ4n) is 3.40. The number of nitrogens with zero attached hydrogens (tertiary/aromatic N) is 2. The summed E-state index contributed by atoms with van der Waals surface area (Å²) in [7, 11) is 1.97. The molecule has 0 amide bonds. The van der Waals surface area contributed by atoms with Gasteiger partial charge in [0.15, 0.2) is 0 Å². The van der Waals surface area contributed by atoms with Gasteiger partial charge in [-0.15, -0.1) is 0 Å². The van der Waals surface area contributed by atoms with Gasteiger partial charge < -0.3 is 10.1 Å². The molecule has 0 spiro atoms. The first-order valence-corrected chi connectivity index (χ1v) is 8.09. The monoisotopic (exact) mass is 279 g/mol. The Morgan fingerprint density at radius 1 is 1.35 bits per heavy atom. The molecule has 0 radical (unpaired) electrons. The molecule has 2 atom stereocenters. The second-order valence-corrected chi connectivity index (χ2v) is 5.80. The molecule has 1 aliphatic rings. The zero-order chi connectivity index (χ0) is 14.4. The highest BCUT2D eigenvalue weighted by atomic mass is 16.5. The Morgan fingerprint density at radius 3 is 2.65 bits per heavy atom. The number of ether oxygens (including phenoxy) is 1. The van der Waals surface area contributed by atoms with Gasteiger partial charge in [0.25, 0.3) is 0 Å². The molecule has 0 aliphatic heterocycles. The smallest absolute Gasteiger partial charge is 0.0798 e. The molecule has 1 aromatic heterocycles. The van der Waals surface area contributed by atoms with Crippen LogP contribution in [0.4, 0.5) is 0 Å². The lowest BCUT2D eigenvalue weighted by Gasteiger charge is -2.35. The Hall–Kier alpha value is -0.870. The molecule has 0 bridgehead atoms. The first kappa shape index (κ1) is 15.5. The normalized spacial score (nSPS) is 19.9. The maximum absolute atomic E-state index is 6.16. The molecule has 2 unspecified atom stereocenters. The summed E-state index contributed by atoms with van der Waals surface area (Å²) in [4.78, 5) is 0. The average molecular weight is 279 g/mol. The van der Waals surface area contributed by atoms with Crippen LogP contribution in [0.15, 0.2) is 12.4 Å². The van der Waals surface area contributed by atoms with Gasteiger partial charge in [0.05, 0.1) is 18.3 Å². The van der Waals surface area contributed by atoms with Crippen LogP contribution in [0.2, 0.25) is 0 Å². The minimum atomic E-state index is 0.261. The highest BCUT2D eigenvalue weighted by Crippen LogP contribution is 2.34. The third kappa shape index (κ3) is 3.83. The van der Waals surface area contributed by atoms with Crippen molar-refractivity contribution in [3.8, 4) is 0 Å². The number of hydrogen-bond acceptors (Lipinski definition) is 3. The molecule has 0 aromatic carbocycles. The fourth-order valence-corrected chi connectivity index (χ4v) is 3.40. The van der Waals surface area contributed by atoms with Crippen molar-refractivity contribution in [3.05, 3.63) is 18.0 Å². The van der Waals surface area contributed by atoms with Crippen molar-refractivity contribution in [2.45, 2.75) is 58.1 Å². The zero-order valence-electron chi connectivity index (χ0n) is 13.1. The molecule has 1 N–H and O–H groups in total. The quantitative estimate of drug-likeness (QED) is 0.834. The van der Waals surface area contributed by atoms with Gasteiger partial charge in [0.2, 0.25) is 0 Å². The zero-order valence-corrected chi connectivity index (χ0v) is 13.1. The summed E-state index contributed by atoms with van der Waals surface area (Å²) in [5.74, 6) is 0.674. The van der Waals surface area contributed by atoms with Crippen molar-refractivity contribution in [1.29, 1.82) is 0 Å². The highest BCUT2D eigenvalue weighted by Gasteiger charge is 2.32. The summed E-state index contributed by atoms with van der Waals surface area (Å²) in [5, 5.41) is 7.94. The Bertz CT molecular complexity index is 385. The Balaban J connectivity index is 2.17. The average Bonchev–Trinajstić information content (AvgIpc) is 2.90. The van der Waals surface area contributed by atoms with Gasteiger partial charge in [0, 0.05) is 25.4 Å². The van der Waals surface area contributed by atoms with Crippen LogP contribution in [-0.4, -0.2) is 29.0 Å². The van der Waals surface area contributed by atoms with Crippen LogP contribution in [-0.2, 0) is 11.8 Å². The predicted octanol–water partition coefficient (Wildman–Crippen LogP) is 3.06. The SMILES string of the molecule is CCNC(c1cnn(C)c1)C(OCC)C1CCCCC1. The third-order valence-electron chi connectivity index (χ3n) is 4.31. The minimum Gasteiger partial charge on any atom is -0.376 e. The van der Waals surface area contributed by atoms with E-state index in [-0.39, 0.29) is 12.1 Å². The van der Waals surface area contributed by atoms with E-state index in [0.717, 1.165) is 13.2 Å². The van der Waals surface area contributed by atoms with E-state index in [1.54, 1.807) is 0 Å². The molecule has 1 aliphatic carbocycles. The van der Waals surface area contributed by atoms with E-state index in [9.17, 15) is 0 Å². The topological polar surface area (TPSA) is 39.1 Å². The number of aryl methyl sites for hydroxylation is 1. The van der Waals surface area contributed by atoms with Crippen molar-refractivity contribution in [3.63, 3.8) is 0 Å². The van der Waals surface area contributed by atoms with Gasteiger partial charge >= 0.3 is 0 Å². The van der Waals surface area contributed by atoms with E-state index < -0.39 is 0 Å². The van der Waals surface area contributed by atoms with E-state index >= 15 is 0 Å². The lowest BCUT2D eigenvalue weighted by Crippen LogP contribution is -2.39. The van der Waals surface area contributed by atoms with Crippen molar-refractivity contribution >= 4 is 0 Å².